The number of hydrogen-bond acceptors (Lipinski definition) is 6. The topological polar surface area (TPSA) is 85.8 Å². The summed E-state index contributed by atoms with van der Waals surface area (Å²) in [4.78, 5) is 27.1. The first-order valence-corrected chi connectivity index (χ1v) is 8.67. The number of hydrogen-bond donors (Lipinski definition) is 0. The molecule has 0 unspecified atom stereocenters. The zero-order valence-corrected chi connectivity index (χ0v) is 13.9. The largest absolute Gasteiger partial charge is 0.461 e. The van der Waals surface area contributed by atoms with Crippen molar-refractivity contribution in [2.45, 2.75) is 38.1 Å². The Morgan fingerprint density at radius 2 is 2.16 bits per heavy atom. The average molecular weight is 344 g/mol. The van der Waals surface area contributed by atoms with E-state index in [0.29, 0.717) is 31.2 Å². The quantitative estimate of drug-likeness (QED) is 0.791. The molecule has 1 amide bonds. The van der Waals surface area contributed by atoms with Gasteiger partial charge in [-0.25, -0.2) is 0 Å². The number of morpholine rings is 1. The first kappa shape index (κ1) is 16.1. The van der Waals surface area contributed by atoms with E-state index in [9.17, 15) is 9.59 Å². The van der Waals surface area contributed by atoms with Crippen LogP contribution in [-0.4, -0.2) is 47.5 Å². The van der Waals surface area contributed by atoms with Crippen molar-refractivity contribution in [1.29, 1.82) is 0 Å². The van der Waals surface area contributed by atoms with Gasteiger partial charge in [0.2, 0.25) is 0 Å². The molecule has 1 aliphatic carbocycles. The van der Waals surface area contributed by atoms with E-state index >= 15 is 0 Å². The van der Waals surface area contributed by atoms with Gasteiger partial charge in [-0.2, -0.15) is 0 Å². The van der Waals surface area contributed by atoms with Crippen LogP contribution >= 0.6 is 0 Å². The van der Waals surface area contributed by atoms with Crippen LogP contribution in [0.25, 0.3) is 0 Å². The second kappa shape index (κ2) is 6.84. The van der Waals surface area contributed by atoms with Crippen molar-refractivity contribution < 1.29 is 23.3 Å². The number of ketones is 1. The van der Waals surface area contributed by atoms with Crippen LogP contribution in [0.4, 0.5) is 0 Å². The third-order valence-corrected chi connectivity index (χ3v) is 4.86. The van der Waals surface area contributed by atoms with Crippen molar-refractivity contribution in [3.05, 3.63) is 41.2 Å². The molecule has 4 rings (SSSR count). The maximum atomic E-state index is 13.0. The van der Waals surface area contributed by atoms with E-state index in [4.69, 9.17) is 13.7 Å². The second-order valence-electron chi connectivity index (χ2n) is 6.47. The fourth-order valence-electron chi connectivity index (χ4n) is 3.53. The fourth-order valence-corrected chi connectivity index (χ4v) is 3.53. The van der Waals surface area contributed by atoms with Gasteiger partial charge in [0.25, 0.3) is 5.91 Å². The molecule has 0 bridgehead atoms. The molecule has 1 saturated heterocycles. The fraction of sp³-hybridized carbons (Fsp3) is 0.500. The molecule has 1 atom stereocenters. The standard InChI is InChI=1S/C18H20N2O5/c21-14(16-6-3-8-24-16)10-12-11-23-9-7-20(12)18(22)17-13-4-1-2-5-15(13)25-19-17/h3,6,8,12H,1-2,4-5,7,9-11H2/t12-/m1/s1. The summed E-state index contributed by atoms with van der Waals surface area (Å²) in [7, 11) is 0. The Labute approximate surface area is 144 Å². The highest BCUT2D eigenvalue weighted by molar-refractivity contribution is 5.96. The molecule has 7 nitrogen and oxygen atoms in total. The third kappa shape index (κ3) is 3.11. The van der Waals surface area contributed by atoms with Gasteiger partial charge in [-0.05, 0) is 31.4 Å². The van der Waals surface area contributed by atoms with Crippen LogP contribution in [0.15, 0.2) is 27.3 Å². The number of nitrogens with zero attached hydrogens (tertiary/aromatic N) is 2. The zero-order chi connectivity index (χ0) is 17.2. The minimum Gasteiger partial charge on any atom is -0.461 e. The molecule has 0 radical (unpaired) electrons. The van der Waals surface area contributed by atoms with Crippen LogP contribution in [-0.2, 0) is 17.6 Å². The van der Waals surface area contributed by atoms with Crippen molar-refractivity contribution in [2.24, 2.45) is 0 Å². The maximum absolute atomic E-state index is 13.0. The van der Waals surface area contributed by atoms with Crippen LogP contribution in [0, 0.1) is 0 Å². The number of rotatable bonds is 4. The van der Waals surface area contributed by atoms with Crippen molar-refractivity contribution in [1.82, 2.24) is 10.1 Å². The summed E-state index contributed by atoms with van der Waals surface area (Å²) in [5.41, 5.74) is 1.32. The summed E-state index contributed by atoms with van der Waals surface area (Å²) in [6.07, 6.45) is 5.39. The molecule has 2 aliphatic rings. The number of furan rings is 1. The van der Waals surface area contributed by atoms with Gasteiger partial charge in [-0.15, -0.1) is 0 Å². The third-order valence-electron chi connectivity index (χ3n) is 4.86. The molecule has 1 aliphatic heterocycles. The molecule has 0 N–H and O–H groups in total. The predicted molar refractivity (Wildman–Crippen MR) is 86.4 cm³/mol. The first-order valence-electron chi connectivity index (χ1n) is 8.67. The SMILES string of the molecule is O=C(C[C@@H]1COCCN1C(=O)c1noc2c1CCCC2)c1ccco1. The number of aryl methyl sites for hydroxylation is 1. The molecule has 2 aromatic heterocycles. The minimum atomic E-state index is -0.324. The Morgan fingerprint density at radius 3 is 3.00 bits per heavy atom. The molecule has 132 valence electrons. The summed E-state index contributed by atoms with van der Waals surface area (Å²) < 4.78 is 16.0. The monoisotopic (exact) mass is 344 g/mol. The van der Waals surface area contributed by atoms with Crippen molar-refractivity contribution >= 4 is 11.7 Å². The lowest BCUT2D eigenvalue weighted by Gasteiger charge is -2.34. The number of aromatic nitrogens is 1. The van der Waals surface area contributed by atoms with Crippen molar-refractivity contribution in [2.75, 3.05) is 19.8 Å². The van der Waals surface area contributed by atoms with E-state index in [1.165, 1.54) is 6.26 Å². The highest BCUT2D eigenvalue weighted by atomic mass is 16.5. The van der Waals surface area contributed by atoms with Crippen LogP contribution in [0.5, 0.6) is 0 Å². The molecule has 0 aromatic carbocycles. The lowest BCUT2D eigenvalue weighted by atomic mass is 9.95. The summed E-state index contributed by atoms with van der Waals surface area (Å²) in [5.74, 6) is 0.816. The van der Waals surface area contributed by atoms with Crippen LogP contribution in [0.2, 0.25) is 0 Å². The highest BCUT2D eigenvalue weighted by Gasteiger charge is 2.34. The average Bonchev–Trinajstić information content (AvgIpc) is 3.31. The van der Waals surface area contributed by atoms with E-state index in [2.05, 4.69) is 5.16 Å². The van der Waals surface area contributed by atoms with Gasteiger partial charge in [0.1, 0.15) is 5.76 Å². The van der Waals surface area contributed by atoms with Crippen molar-refractivity contribution in [3.63, 3.8) is 0 Å². The lowest BCUT2D eigenvalue weighted by molar-refractivity contribution is -0.00356. The highest BCUT2D eigenvalue weighted by Crippen LogP contribution is 2.26. The first-order chi connectivity index (χ1) is 12.2. The van der Waals surface area contributed by atoms with Gasteiger partial charge in [0, 0.05) is 24.9 Å². The number of ether oxygens (including phenoxy) is 1. The minimum absolute atomic E-state index is 0.138. The Balaban J connectivity index is 1.53. The summed E-state index contributed by atoms with van der Waals surface area (Å²) in [5, 5.41) is 4.03. The summed E-state index contributed by atoms with van der Waals surface area (Å²) in [6, 6.07) is 2.98. The van der Waals surface area contributed by atoms with E-state index in [0.717, 1.165) is 37.0 Å². The van der Waals surface area contributed by atoms with Crippen molar-refractivity contribution in [3.8, 4) is 0 Å². The molecular weight excluding hydrogens is 324 g/mol. The Kier molecular flexibility index (Phi) is 4.40. The van der Waals surface area contributed by atoms with Gasteiger partial charge in [0.15, 0.2) is 17.2 Å². The number of amides is 1. The smallest absolute Gasteiger partial charge is 0.276 e. The van der Waals surface area contributed by atoms with E-state index in [1.807, 2.05) is 0 Å². The van der Waals surface area contributed by atoms with Gasteiger partial charge in [0.05, 0.1) is 25.5 Å². The maximum Gasteiger partial charge on any atom is 0.276 e. The van der Waals surface area contributed by atoms with Crippen LogP contribution < -0.4 is 0 Å². The number of carbonyl (C=O) groups is 2. The zero-order valence-electron chi connectivity index (χ0n) is 13.9. The van der Waals surface area contributed by atoms with Gasteiger partial charge in [-0.3, -0.25) is 9.59 Å². The summed E-state index contributed by atoms with van der Waals surface area (Å²) in [6.45, 7) is 1.23. The van der Waals surface area contributed by atoms with E-state index in [1.54, 1.807) is 17.0 Å². The Hall–Kier alpha value is -2.41. The lowest BCUT2D eigenvalue weighted by Crippen LogP contribution is -2.49. The molecule has 25 heavy (non-hydrogen) atoms. The number of fused-ring (bicyclic) bond motifs is 1. The predicted octanol–water partition coefficient (Wildman–Crippen LogP) is 2.26. The number of carbonyl (C=O) groups excluding carboxylic acids is 2. The van der Waals surface area contributed by atoms with E-state index < -0.39 is 0 Å². The molecule has 7 heteroatoms. The van der Waals surface area contributed by atoms with E-state index in [-0.39, 0.29) is 24.2 Å². The van der Waals surface area contributed by atoms with Crippen LogP contribution in [0.3, 0.4) is 0 Å². The normalized spacial score (nSPS) is 20.3. The molecular formula is C18H20N2O5. The molecule has 0 spiro atoms. The Bertz CT molecular complexity index is 765. The molecule has 2 aromatic rings. The van der Waals surface area contributed by atoms with Crippen LogP contribution in [0.1, 0.15) is 51.6 Å². The number of Topliss-reactive ketones (excluding diaryl/α,β-unsaturated/α-hetero) is 1. The molecule has 3 heterocycles. The molecule has 0 saturated carbocycles. The second-order valence-corrected chi connectivity index (χ2v) is 6.47. The summed E-state index contributed by atoms with van der Waals surface area (Å²) >= 11 is 0. The Morgan fingerprint density at radius 1 is 1.28 bits per heavy atom. The van der Waals surface area contributed by atoms with Gasteiger partial charge >= 0.3 is 0 Å². The van der Waals surface area contributed by atoms with Gasteiger partial charge in [-0.1, -0.05) is 5.16 Å². The van der Waals surface area contributed by atoms with Gasteiger partial charge < -0.3 is 18.6 Å². The molecule has 1 fully saturated rings.